The fourth-order valence-corrected chi connectivity index (χ4v) is 6.46. The first-order valence-electron chi connectivity index (χ1n) is 11.1. The highest BCUT2D eigenvalue weighted by Gasteiger charge is 2.54. The molecule has 4 aliphatic carbocycles. The Bertz CT molecular complexity index is 795. The molecule has 4 bridgehead atoms. The molecule has 0 radical (unpaired) electrons. The van der Waals surface area contributed by atoms with E-state index < -0.39 is 5.60 Å². The minimum atomic E-state index is -0.442. The molecule has 1 amide bonds. The molecule has 29 heavy (non-hydrogen) atoms. The van der Waals surface area contributed by atoms with Crippen molar-refractivity contribution >= 4 is 17.4 Å². The van der Waals surface area contributed by atoms with Crippen molar-refractivity contribution in [1.82, 2.24) is 15.2 Å². The molecule has 4 fully saturated rings. The number of carbonyl (C=O) groups excluding carboxylic acids is 1. The number of carbonyl (C=O) groups is 1. The zero-order valence-electron chi connectivity index (χ0n) is 17.5. The monoisotopic (exact) mass is 399 g/mol. The number of nitrogens with zero attached hydrogens (tertiary/aromatic N) is 2. The number of hydrogen-bond donors (Lipinski definition) is 4. The van der Waals surface area contributed by atoms with Gasteiger partial charge in [0.1, 0.15) is 5.82 Å². The van der Waals surface area contributed by atoms with E-state index in [1.54, 1.807) is 6.20 Å². The summed E-state index contributed by atoms with van der Waals surface area (Å²) in [5.41, 5.74) is 2.31. The van der Waals surface area contributed by atoms with Crippen LogP contribution < -0.4 is 16.0 Å². The molecule has 2 unspecified atom stereocenters. The predicted octanol–water partition coefficient (Wildman–Crippen LogP) is 1.69. The summed E-state index contributed by atoms with van der Waals surface area (Å²) in [5.74, 6) is 2.51. The SMILES string of the molecule is CN(C)CCNC(=O)c1cnc2c(c1NC1C3CC4CC1CC(O)(C4)C3)CCN2. The Labute approximate surface area is 172 Å². The van der Waals surface area contributed by atoms with E-state index in [1.807, 2.05) is 14.1 Å². The van der Waals surface area contributed by atoms with E-state index in [1.165, 1.54) is 12.8 Å². The van der Waals surface area contributed by atoms with Gasteiger partial charge in [-0.15, -0.1) is 0 Å². The van der Waals surface area contributed by atoms with Crippen molar-refractivity contribution in [1.29, 1.82) is 0 Å². The molecular formula is C22H33N5O2. The number of rotatable bonds is 6. The number of aliphatic hydroxyl groups is 1. The van der Waals surface area contributed by atoms with Gasteiger partial charge in [0.2, 0.25) is 0 Å². The van der Waals surface area contributed by atoms with Crippen LogP contribution >= 0.6 is 0 Å². The van der Waals surface area contributed by atoms with Gasteiger partial charge in [0.25, 0.3) is 5.91 Å². The highest BCUT2D eigenvalue weighted by molar-refractivity contribution is 6.01. The van der Waals surface area contributed by atoms with Gasteiger partial charge in [-0.2, -0.15) is 0 Å². The van der Waals surface area contributed by atoms with Crippen LogP contribution in [-0.2, 0) is 6.42 Å². The molecule has 1 aliphatic heterocycles. The third-order valence-corrected chi connectivity index (χ3v) is 7.49. The Kier molecular flexibility index (Phi) is 4.70. The van der Waals surface area contributed by atoms with Crippen molar-refractivity contribution in [3.05, 3.63) is 17.3 Å². The molecule has 4 saturated carbocycles. The number of fused-ring (bicyclic) bond motifs is 1. The van der Waals surface area contributed by atoms with Crippen molar-refractivity contribution in [3.8, 4) is 0 Å². The van der Waals surface area contributed by atoms with Gasteiger partial charge in [-0.3, -0.25) is 4.79 Å². The number of aromatic nitrogens is 1. The second-order valence-corrected chi connectivity index (χ2v) is 9.97. The number of nitrogens with one attached hydrogen (secondary N) is 3. The predicted molar refractivity (Wildman–Crippen MR) is 113 cm³/mol. The second-order valence-electron chi connectivity index (χ2n) is 9.97. The number of pyridine rings is 1. The van der Waals surface area contributed by atoms with Crippen LogP contribution in [0, 0.1) is 17.8 Å². The molecule has 5 aliphatic rings. The second kappa shape index (κ2) is 7.13. The van der Waals surface area contributed by atoms with E-state index in [0.29, 0.717) is 35.9 Å². The Morgan fingerprint density at radius 1 is 1.31 bits per heavy atom. The topological polar surface area (TPSA) is 89.5 Å². The first-order valence-corrected chi connectivity index (χ1v) is 11.1. The summed E-state index contributed by atoms with van der Waals surface area (Å²) in [6.07, 6.45) is 7.78. The first kappa shape index (κ1) is 19.1. The summed E-state index contributed by atoms with van der Waals surface area (Å²) in [4.78, 5) is 19.6. The maximum absolute atomic E-state index is 13.0. The van der Waals surface area contributed by atoms with Gasteiger partial charge in [-0.05, 0) is 70.4 Å². The fourth-order valence-electron chi connectivity index (χ4n) is 6.46. The third-order valence-electron chi connectivity index (χ3n) is 7.49. The highest BCUT2D eigenvalue weighted by atomic mass is 16.3. The van der Waals surface area contributed by atoms with Crippen molar-refractivity contribution in [2.24, 2.45) is 17.8 Å². The number of anilines is 2. The zero-order valence-corrected chi connectivity index (χ0v) is 17.5. The smallest absolute Gasteiger partial charge is 0.255 e. The molecular weight excluding hydrogens is 366 g/mol. The molecule has 0 spiro atoms. The summed E-state index contributed by atoms with van der Waals surface area (Å²) < 4.78 is 0. The van der Waals surface area contributed by atoms with Gasteiger partial charge < -0.3 is 26.0 Å². The molecule has 4 N–H and O–H groups in total. The minimum Gasteiger partial charge on any atom is -0.390 e. The van der Waals surface area contributed by atoms with Crippen molar-refractivity contribution in [2.45, 2.75) is 50.2 Å². The number of hydrogen-bond acceptors (Lipinski definition) is 6. The van der Waals surface area contributed by atoms with E-state index in [2.05, 4.69) is 25.8 Å². The molecule has 6 rings (SSSR count). The average Bonchev–Trinajstić information content (AvgIpc) is 3.12. The Hall–Kier alpha value is -1.86. The maximum atomic E-state index is 13.0. The van der Waals surface area contributed by atoms with Gasteiger partial charge in [0.15, 0.2) is 0 Å². The summed E-state index contributed by atoms with van der Waals surface area (Å²) in [7, 11) is 4.00. The van der Waals surface area contributed by atoms with Crippen LogP contribution in [0.4, 0.5) is 11.5 Å². The summed E-state index contributed by atoms with van der Waals surface area (Å²) in [6.45, 7) is 2.28. The molecule has 7 nitrogen and oxygen atoms in total. The number of likely N-dealkylation sites (N-methyl/N-ethyl adjacent to an activating group) is 1. The van der Waals surface area contributed by atoms with Crippen LogP contribution in [0.1, 0.15) is 48.0 Å². The molecule has 1 aromatic rings. The van der Waals surface area contributed by atoms with E-state index in [-0.39, 0.29) is 5.91 Å². The van der Waals surface area contributed by atoms with Gasteiger partial charge in [-0.25, -0.2) is 4.98 Å². The van der Waals surface area contributed by atoms with E-state index in [9.17, 15) is 9.90 Å². The Morgan fingerprint density at radius 2 is 2.07 bits per heavy atom. The molecule has 2 heterocycles. The van der Waals surface area contributed by atoms with Gasteiger partial charge in [0.05, 0.1) is 16.9 Å². The summed E-state index contributed by atoms with van der Waals surface area (Å²) >= 11 is 0. The molecule has 7 heteroatoms. The van der Waals surface area contributed by atoms with Crippen molar-refractivity contribution < 1.29 is 9.90 Å². The van der Waals surface area contributed by atoms with E-state index in [4.69, 9.17) is 0 Å². The lowest BCUT2D eigenvalue weighted by molar-refractivity contribution is -0.129. The standard InChI is InChI=1S/C22H33N5O2/c1-27(2)6-5-24-21(28)17-12-25-20-16(3-4-23-20)19(17)26-18-14-7-13-8-15(18)11-22(29,9-13)10-14/h12-15,18,29H,3-11H2,1-2H3,(H,24,28)(H2,23,25,26). The van der Waals surface area contributed by atoms with Crippen LogP contribution in [0.25, 0.3) is 0 Å². The lowest BCUT2D eigenvalue weighted by atomic mass is 9.52. The Balaban J connectivity index is 1.41. The van der Waals surface area contributed by atoms with Crippen LogP contribution in [0.5, 0.6) is 0 Å². The molecule has 0 aromatic carbocycles. The number of amides is 1. The average molecular weight is 400 g/mol. The minimum absolute atomic E-state index is 0.0565. The largest absolute Gasteiger partial charge is 0.390 e. The molecule has 1 aromatic heterocycles. The fraction of sp³-hybridized carbons (Fsp3) is 0.727. The third kappa shape index (κ3) is 3.48. The first-order chi connectivity index (χ1) is 13.9. The van der Waals surface area contributed by atoms with E-state index in [0.717, 1.165) is 55.8 Å². The van der Waals surface area contributed by atoms with Crippen LogP contribution in [0.2, 0.25) is 0 Å². The van der Waals surface area contributed by atoms with Crippen LogP contribution in [0.3, 0.4) is 0 Å². The highest BCUT2D eigenvalue weighted by Crippen LogP contribution is 2.56. The van der Waals surface area contributed by atoms with Gasteiger partial charge >= 0.3 is 0 Å². The quantitative estimate of drug-likeness (QED) is 0.582. The lowest BCUT2D eigenvalue weighted by Gasteiger charge is -2.58. The maximum Gasteiger partial charge on any atom is 0.255 e. The van der Waals surface area contributed by atoms with Crippen LogP contribution in [0.15, 0.2) is 6.20 Å². The Morgan fingerprint density at radius 3 is 2.76 bits per heavy atom. The summed E-state index contributed by atoms with van der Waals surface area (Å²) in [5, 5.41) is 21.1. The van der Waals surface area contributed by atoms with Gasteiger partial charge in [0, 0.05) is 37.4 Å². The van der Waals surface area contributed by atoms with Crippen molar-refractivity contribution in [3.63, 3.8) is 0 Å². The zero-order chi connectivity index (χ0) is 20.2. The van der Waals surface area contributed by atoms with Gasteiger partial charge in [-0.1, -0.05) is 0 Å². The van der Waals surface area contributed by atoms with Crippen molar-refractivity contribution in [2.75, 3.05) is 44.4 Å². The molecule has 0 saturated heterocycles. The van der Waals surface area contributed by atoms with Crippen LogP contribution in [-0.4, -0.2) is 66.3 Å². The normalized spacial score (nSPS) is 34.2. The lowest BCUT2D eigenvalue weighted by Crippen LogP contribution is -2.59. The molecule has 2 atom stereocenters. The molecule has 158 valence electrons. The summed E-state index contributed by atoms with van der Waals surface area (Å²) in [6, 6.07) is 0.340. The van der Waals surface area contributed by atoms with E-state index >= 15 is 0 Å².